The predicted molar refractivity (Wildman–Crippen MR) is 131 cm³/mol. The van der Waals surface area contributed by atoms with Gasteiger partial charge in [0.05, 0.1) is 11.8 Å². The Balaban J connectivity index is 1.21. The van der Waals surface area contributed by atoms with Crippen LogP contribution in [0.25, 0.3) is 11.3 Å². The maximum Gasteiger partial charge on any atom is 0.416 e. The molecule has 1 unspecified atom stereocenters. The van der Waals surface area contributed by atoms with Gasteiger partial charge in [-0.25, -0.2) is 9.37 Å². The Labute approximate surface area is 207 Å². The van der Waals surface area contributed by atoms with E-state index < -0.39 is 11.7 Å². The van der Waals surface area contributed by atoms with Crippen LogP contribution in [0.3, 0.4) is 0 Å². The summed E-state index contributed by atoms with van der Waals surface area (Å²) in [5.74, 6) is 0.185. The SMILES string of the molecule is Fc1cccc(-c2cnc(N[C@@H]3CCCC[C@H]3NC3CCCN(c4ccc(C(F)(F)F)cc4)C3)o2)c1. The zero-order valence-corrected chi connectivity index (χ0v) is 19.9. The molecule has 1 saturated heterocycles. The van der Waals surface area contributed by atoms with E-state index >= 15 is 0 Å². The predicted octanol–water partition coefficient (Wildman–Crippen LogP) is 6.48. The van der Waals surface area contributed by atoms with Crippen molar-refractivity contribution in [2.24, 2.45) is 0 Å². The lowest BCUT2D eigenvalue weighted by atomic mass is 9.89. The first kappa shape index (κ1) is 24.6. The number of anilines is 2. The molecular formula is C27H30F4N4O. The molecule has 2 heterocycles. The van der Waals surface area contributed by atoms with Crippen molar-refractivity contribution in [3.63, 3.8) is 0 Å². The van der Waals surface area contributed by atoms with Crippen molar-refractivity contribution in [3.8, 4) is 11.3 Å². The summed E-state index contributed by atoms with van der Waals surface area (Å²) in [5.41, 5.74) is 0.832. The average molecular weight is 503 g/mol. The van der Waals surface area contributed by atoms with E-state index in [2.05, 4.69) is 20.5 Å². The Kier molecular flexibility index (Phi) is 7.18. The number of nitrogens with one attached hydrogen (secondary N) is 2. The molecule has 3 aromatic rings. The van der Waals surface area contributed by atoms with Gasteiger partial charge in [0.15, 0.2) is 5.76 Å². The van der Waals surface area contributed by atoms with Gasteiger partial charge in [0.1, 0.15) is 5.82 Å². The topological polar surface area (TPSA) is 53.3 Å². The summed E-state index contributed by atoms with van der Waals surface area (Å²) < 4.78 is 58.2. The number of piperidine rings is 1. The van der Waals surface area contributed by atoms with Gasteiger partial charge in [-0.2, -0.15) is 13.2 Å². The second kappa shape index (κ2) is 10.5. The Bertz CT molecular complexity index is 1150. The van der Waals surface area contributed by atoms with E-state index in [-0.39, 0.29) is 23.9 Å². The lowest BCUT2D eigenvalue weighted by Gasteiger charge is -2.40. The second-order valence-corrected chi connectivity index (χ2v) is 9.68. The maximum absolute atomic E-state index is 13.6. The Morgan fingerprint density at radius 2 is 1.72 bits per heavy atom. The first-order valence-corrected chi connectivity index (χ1v) is 12.5. The van der Waals surface area contributed by atoms with Gasteiger partial charge in [-0.1, -0.05) is 25.0 Å². The molecule has 0 spiro atoms. The van der Waals surface area contributed by atoms with E-state index in [1.54, 1.807) is 30.5 Å². The van der Waals surface area contributed by atoms with Crippen LogP contribution < -0.4 is 15.5 Å². The second-order valence-electron chi connectivity index (χ2n) is 9.68. The molecule has 5 rings (SSSR count). The van der Waals surface area contributed by atoms with Crippen molar-refractivity contribution in [2.45, 2.75) is 62.8 Å². The van der Waals surface area contributed by atoms with Gasteiger partial charge in [0.2, 0.25) is 0 Å². The largest absolute Gasteiger partial charge is 0.424 e. The Morgan fingerprint density at radius 3 is 2.47 bits per heavy atom. The van der Waals surface area contributed by atoms with Crippen LogP contribution in [0, 0.1) is 5.82 Å². The van der Waals surface area contributed by atoms with Crippen LogP contribution in [-0.4, -0.2) is 36.2 Å². The fourth-order valence-electron chi connectivity index (χ4n) is 5.29. The molecule has 1 aliphatic heterocycles. The van der Waals surface area contributed by atoms with E-state index in [9.17, 15) is 17.6 Å². The van der Waals surface area contributed by atoms with E-state index in [0.29, 0.717) is 17.3 Å². The zero-order valence-electron chi connectivity index (χ0n) is 19.9. The maximum atomic E-state index is 13.6. The van der Waals surface area contributed by atoms with Crippen molar-refractivity contribution in [3.05, 3.63) is 66.1 Å². The minimum Gasteiger partial charge on any atom is -0.424 e. The van der Waals surface area contributed by atoms with Crippen molar-refractivity contribution >= 4 is 11.7 Å². The summed E-state index contributed by atoms with van der Waals surface area (Å²) >= 11 is 0. The van der Waals surface area contributed by atoms with Gasteiger partial charge >= 0.3 is 6.18 Å². The molecule has 2 aromatic carbocycles. The van der Waals surface area contributed by atoms with E-state index in [1.165, 1.54) is 12.1 Å². The molecule has 192 valence electrons. The molecule has 2 N–H and O–H groups in total. The van der Waals surface area contributed by atoms with E-state index in [1.807, 2.05) is 0 Å². The van der Waals surface area contributed by atoms with Crippen LogP contribution in [0.2, 0.25) is 0 Å². The number of nitrogens with zero attached hydrogens (tertiary/aromatic N) is 2. The van der Waals surface area contributed by atoms with Gasteiger partial charge < -0.3 is 20.0 Å². The molecule has 3 atom stereocenters. The third-order valence-corrected chi connectivity index (χ3v) is 7.12. The zero-order chi connectivity index (χ0) is 25.1. The van der Waals surface area contributed by atoms with Crippen LogP contribution in [0.1, 0.15) is 44.1 Å². The van der Waals surface area contributed by atoms with Crippen molar-refractivity contribution in [1.82, 2.24) is 10.3 Å². The molecular weight excluding hydrogens is 472 g/mol. The first-order chi connectivity index (χ1) is 17.3. The number of aromatic nitrogens is 1. The van der Waals surface area contributed by atoms with Crippen molar-refractivity contribution in [1.29, 1.82) is 0 Å². The highest BCUT2D eigenvalue weighted by Gasteiger charge is 2.32. The number of benzene rings is 2. The van der Waals surface area contributed by atoms with Gasteiger partial charge in [0.25, 0.3) is 6.01 Å². The van der Waals surface area contributed by atoms with Gasteiger partial charge in [-0.15, -0.1) is 0 Å². The Hall–Kier alpha value is -3.07. The van der Waals surface area contributed by atoms with Gasteiger partial charge in [-0.3, -0.25) is 0 Å². The average Bonchev–Trinajstić information content (AvgIpc) is 3.34. The number of rotatable bonds is 6. The third-order valence-electron chi connectivity index (χ3n) is 7.12. The summed E-state index contributed by atoms with van der Waals surface area (Å²) in [6, 6.07) is 12.7. The molecule has 0 amide bonds. The van der Waals surface area contributed by atoms with Crippen LogP contribution >= 0.6 is 0 Å². The summed E-state index contributed by atoms with van der Waals surface area (Å²) in [5, 5.41) is 7.24. The quantitative estimate of drug-likeness (QED) is 0.378. The number of alkyl halides is 3. The number of hydrogen-bond donors (Lipinski definition) is 2. The van der Waals surface area contributed by atoms with E-state index in [0.717, 1.165) is 69.4 Å². The molecule has 2 fully saturated rings. The summed E-state index contributed by atoms with van der Waals surface area (Å²) in [6.07, 6.45) is 3.50. The van der Waals surface area contributed by atoms with Gasteiger partial charge in [-0.05, 0) is 62.1 Å². The molecule has 2 aliphatic rings. The number of oxazole rings is 1. The standard InChI is InChI=1S/C27H30F4N4O/c28-20-6-3-5-18(15-20)25-16-32-26(36-25)34-24-9-2-1-8-23(24)33-21-7-4-14-35(17-21)22-12-10-19(11-13-22)27(29,30)31/h3,5-6,10-13,15-16,21,23-24,33H,1-2,4,7-9,14,17H2,(H,32,34)/t21?,23-,24-/m1/s1. The highest BCUT2D eigenvalue weighted by atomic mass is 19.4. The minimum atomic E-state index is -4.32. The monoisotopic (exact) mass is 502 g/mol. The molecule has 1 aromatic heterocycles. The van der Waals surface area contributed by atoms with Crippen LogP contribution in [0.5, 0.6) is 0 Å². The summed E-state index contributed by atoms with van der Waals surface area (Å²) in [7, 11) is 0. The van der Waals surface area contributed by atoms with Crippen molar-refractivity contribution in [2.75, 3.05) is 23.3 Å². The molecule has 5 nitrogen and oxygen atoms in total. The summed E-state index contributed by atoms with van der Waals surface area (Å²) in [6.45, 7) is 1.58. The van der Waals surface area contributed by atoms with Gasteiger partial charge in [0, 0.05) is 42.5 Å². The normalized spacial score (nSPS) is 23.0. The fraction of sp³-hybridized carbons (Fsp3) is 0.444. The molecule has 1 aliphatic carbocycles. The van der Waals surface area contributed by atoms with Crippen LogP contribution in [0.4, 0.5) is 29.3 Å². The number of hydrogen-bond acceptors (Lipinski definition) is 5. The highest BCUT2D eigenvalue weighted by molar-refractivity contribution is 5.57. The minimum absolute atomic E-state index is 0.138. The smallest absolute Gasteiger partial charge is 0.416 e. The molecule has 0 bridgehead atoms. The molecule has 0 radical (unpaired) electrons. The highest BCUT2D eigenvalue weighted by Crippen LogP contribution is 2.32. The fourth-order valence-corrected chi connectivity index (χ4v) is 5.29. The number of halogens is 4. The van der Waals surface area contributed by atoms with Crippen molar-refractivity contribution < 1.29 is 22.0 Å². The van der Waals surface area contributed by atoms with E-state index in [4.69, 9.17) is 4.42 Å². The Morgan fingerprint density at radius 1 is 0.944 bits per heavy atom. The first-order valence-electron chi connectivity index (χ1n) is 12.5. The lowest BCUT2D eigenvalue weighted by Crippen LogP contribution is -2.54. The molecule has 1 saturated carbocycles. The van der Waals surface area contributed by atoms with Crippen LogP contribution in [0.15, 0.2) is 59.1 Å². The lowest BCUT2D eigenvalue weighted by molar-refractivity contribution is -0.137. The molecule has 9 heteroatoms. The van der Waals surface area contributed by atoms with Crippen LogP contribution in [-0.2, 0) is 6.18 Å². The third kappa shape index (κ3) is 5.83. The molecule has 36 heavy (non-hydrogen) atoms. The summed E-state index contributed by atoms with van der Waals surface area (Å²) in [4.78, 5) is 6.52.